The van der Waals surface area contributed by atoms with E-state index in [2.05, 4.69) is 17.0 Å². The van der Waals surface area contributed by atoms with Crippen LogP contribution in [0.3, 0.4) is 0 Å². The third-order valence-corrected chi connectivity index (χ3v) is 5.38. The van der Waals surface area contributed by atoms with E-state index in [9.17, 15) is 8.42 Å². The molecule has 0 amide bonds. The second kappa shape index (κ2) is 5.32. The van der Waals surface area contributed by atoms with Crippen molar-refractivity contribution in [3.05, 3.63) is 53.1 Å². The van der Waals surface area contributed by atoms with Gasteiger partial charge in [-0.2, -0.15) is 0 Å². The Labute approximate surface area is 131 Å². The van der Waals surface area contributed by atoms with Gasteiger partial charge in [0.25, 0.3) is 10.0 Å². The van der Waals surface area contributed by atoms with Crippen molar-refractivity contribution in [2.75, 3.05) is 10.0 Å². The summed E-state index contributed by atoms with van der Waals surface area (Å²) in [6.45, 7) is 5.89. The van der Waals surface area contributed by atoms with Crippen LogP contribution in [0.1, 0.15) is 23.6 Å². The first-order valence-corrected chi connectivity index (χ1v) is 8.83. The predicted octanol–water partition coefficient (Wildman–Crippen LogP) is 3.46. The lowest BCUT2D eigenvalue weighted by atomic mass is 10.1. The molecular weight excluding hydrogens is 296 g/mol. The fraction of sp³-hybridized carbons (Fsp3) is 0.294. The Hall–Kier alpha value is -2.01. The third-order valence-electron chi connectivity index (χ3n) is 4.03. The zero-order chi connectivity index (χ0) is 15.9. The minimum atomic E-state index is -3.58. The van der Waals surface area contributed by atoms with E-state index < -0.39 is 10.0 Å². The van der Waals surface area contributed by atoms with Crippen LogP contribution >= 0.6 is 0 Å². The molecule has 1 aliphatic heterocycles. The lowest BCUT2D eigenvalue weighted by molar-refractivity contribution is 0.601. The molecule has 0 saturated carbocycles. The number of anilines is 2. The quantitative estimate of drug-likeness (QED) is 0.911. The number of sulfonamides is 1. The molecule has 4 nitrogen and oxygen atoms in total. The molecule has 1 heterocycles. The summed E-state index contributed by atoms with van der Waals surface area (Å²) in [5.74, 6) is 0. The third kappa shape index (κ3) is 2.68. The summed E-state index contributed by atoms with van der Waals surface area (Å²) < 4.78 is 28.0. The number of rotatable bonds is 3. The topological polar surface area (TPSA) is 58.2 Å². The van der Waals surface area contributed by atoms with Gasteiger partial charge in [-0.15, -0.1) is 0 Å². The van der Waals surface area contributed by atoms with Crippen molar-refractivity contribution in [2.45, 2.75) is 38.1 Å². The van der Waals surface area contributed by atoms with Gasteiger partial charge in [0, 0.05) is 11.7 Å². The fourth-order valence-electron chi connectivity index (χ4n) is 2.86. The normalized spacial score (nSPS) is 17.0. The molecule has 22 heavy (non-hydrogen) atoms. The lowest BCUT2D eigenvalue weighted by Crippen LogP contribution is -2.14. The van der Waals surface area contributed by atoms with Crippen molar-refractivity contribution in [3.8, 4) is 0 Å². The summed E-state index contributed by atoms with van der Waals surface area (Å²) in [6.07, 6.45) is 0.849. The number of hydrogen-bond donors (Lipinski definition) is 2. The molecule has 0 fully saturated rings. The van der Waals surface area contributed by atoms with Crippen LogP contribution in [-0.2, 0) is 16.4 Å². The standard InChI is InChI=1S/C17H20N2O2S/c1-11-5-4-6-12(2)17(11)19-22(20,21)15-7-8-16-14(10-15)9-13(3)18-16/h4-8,10,13,18-19H,9H2,1-3H3. The van der Waals surface area contributed by atoms with Gasteiger partial charge in [0.1, 0.15) is 0 Å². The molecule has 116 valence electrons. The van der Waals surface area contributed by atoms with Gasteiger partial charge in [-0.05, 0) is 62.1 Å². The zero-order valence-corrected chi connectivity index (χ0v) is 13.8. The minimum absolute atomic E-state index is 0.310. The van der Waals surface area contributed by atoms with Gasteiger partial charge < -0.3 is 5.32 Å². The number of para-hydroxylation sites is 1. The lowest BCUT2D eigenvalue weighted by Gasteiger charge is -2.13. The zero-order valence-electron chi connectivity index (χ0n) is 13.0. The van der Waals surface area contributed by atoms with Gasteiger partial charge in [-0.1, -0.05) is 18.2 Å². The Bertz CT molecular complexity index is 808. The Balaban J connectivity index is 1.96. The summed E-state index contributed by atoms with van der Waals surface area (Å²) in [4.78, 5) is 0.310. The summed E-state index contributed by atoms with van der Waals surface area (Å²) in [5, 5.41) is 3.33. The maximum atomic E-state index is 12.7. The molecule has 1 unspecified atom stereocenters. The molecular formula is C17H20N2O2S. The predicted molar refractivity (Wildman–Crippen MR) is 90.0 cm³/mol. The van der Waals surface area contributed by atoms with Crippen LogP contribution in [0.4, 0.5) is 11.4 Å². The molecule has 0 spiro atoms. The number of fused-ring (bicyclic) bond motifs is 1. The van der Waals surface area contributed by atoms with E-state index in [4.69, 9.17) is 0 Å². The average Bonchev–Trinajstić information content (AvgIpc) is 2.82. The van der Waals surface area contributed by atoms with E-state index >= 15 is 0 Å². The van der Waals surface area contributed by atoms with Crippen molar-refractivity contribution in [1.29, 1.82) is 0 Å². The highest BCUT2D eigenvalue weighted by Gasteiger charge is 2.22. The van der Waals surface area contributed by atoms with Crippen LogP contribution in [0.2, 0.25) is 0 Å². The van der Waals surface area contributed by atoms with Gasteiger partial charge in [-0.3, -0.25) is 4.72 Å². The number of aryl methyl sites for hydroxylation is 2. The van der Waals surface area contributed by atoms with Gasteiger partial charge in [-0.25, -0.2) is 8.42 Å². The molecule has 2 aromatic carbocycles. The molecule has 3 rings (SSSR count). The van der Waals surface area contributed by atoms with Crippen molar-refractivity contribution < 1.29 is 8.42 Å². The molecule has 0 saturated heterocycles. The first kappa shape index (κ1) is 14.9. The molecule has 0 bridgehead atoms. The highest BCUT2D eigenvalue weighted by molar-refractivity contribution is 7.92. The average molecular weight is 316 g/mol. The van der Waals surface area contributed by atoms with E-state index in [0.29, 0.717) is 16.6 Å². The maximum absolute atomic E-state index is 12.7. The Kier molecular flexibility index (Phi) is 3.60. The van der Waals surface area contributed by atoms with E-state index in [1.54, 1.807) is 12.1 Å². The molecule has 0 aromatic heterocycles. The monoisotopic (exact) mass is 316 g/mol. The first-order chi connectivity index (χ1) is 10.4. The minimum Gasteiger partial charge on any atom is -0.382 e. The highest BCUT2D eigenvalue weighted by Crippen LogP contribution is 2.29. The van der Waals surface area contributed by atoms with Gasteiger partial charge >= 0.3 is 0 Å². The summed E-state index contributed by atoms with van der Waals surface area (Å²) in [7, 11) is -3.58. The Morgan fingerprint density at radius 2 is 1.82 bits per heavy atom. The number of hydrogen-bond acceptors (Lipinski definition) is 3. The van der Waals surface area contributed by atoms with E-state index in [1.807, 2.05) is 38.1 Å². The largest absolute Gasteiger partial charge is 0.382 e. The van der Waals surface area contributed by atoms with Gasteiger partial charge in [0.2, 0.25) is 0 Å². The maximum Gasteiger partial charge on any atom is 0.261 e. The molecule has 0 radical (unpaired) electrons. The molecule has 2 aromatic rings. The number of benzene rings is 2. The molecule has 2 N–H and O–H groups in total. The highest BCUT2D eigenvalue weighted by atomic mass is 32.2. The van der Waals surface area contributed by atoms with Crippen LogP contribution in [0, 0.1) is 13.8 Å². The fourth-order valence-corrected chi connectivity index (χ4v) is 4.12. The van der Waals surface area contributed by atoms with Crippen molar-refractivity contribution >= 4 is 21.4 Å². The van der Waals surface area contributed by atoms with E-state index in [0.717, 1.165) is 28.8 Å². The van der Waals surface area contributed by atoms with Gasteiger partial charge in [0.15, 0.2) is 0 Å². The Morgan fingerprint density at radius 3 is 2.50 bits per heavy atom. The van der Waals surface area contributed by atoms with Crippen LogP contribution in [-0.4, -0.2) is 14.5 Å². The molecule has 1 aliphatic rings. The second-order valence-electron chi connectivity index (χ2n) is 5.94. The van der Waals surface area contributed by atoms with Crippen molar-refractivity contribution in [2.24, 2.45) is 0 Å². The van der Waals surface area contributed by atoms with Crippen LogP contribution in [0.25, 0.3) is 0 Å². The molecule has 5 heteroatoms. The van der Waals surface area contributed by atoms with Crippen LogP contribution in [0.5, 0.6) is 0 Å². The van der Waals surface area contributed by atoms with Crippen LogP contribution < -0.4 is 10.0 Å². The van der Waals surface area contributed by atoms with Crippen molar-refractivity contribution in [3.63, 3.8) is 0 Å². The van der Waals surface area contributed by atoms with Crippen LogP contribution in [0.15, 0.2) is 41.3 Å². The van der Waals surface area contributed by atoms with E-state index in [1.165, 1.54) is 0 Å². The summed E-state index contributed by atoms with van der Waals surface area (Å²) >= 11 is 0. The molecule has 1 atom stereocenters. The Morgan fingerprint density at radius 1 is 1.14 bits per heavy atom. The van der Waals surface area contributed by atoms with E-state index in [-0.39, 0.29) is 0 Å². The summed E-state index contributed by atoms with van der Waals surface area (Å²) in [6, 6.07) is 11.3. The first-order valence-electron chi connectivity index (χ1n) is 7.35. The smallest absolute Gasteiger partial charge is 0.261 e. The second-order valence-corrected chi connectivity index (χ2v) is 7.62. The van der Waals surface area contributed by atoms with Gasteiger partial charge in [0.05, 0.1) is 10.6 Å². The number of nitrogens with one attached hydrogen (secondary N) is 2. The molecule has 0 aliphatic carbocycles. The SMILES string of the molecule is Cc1cccc(C)c1NS(=O)(=O)c1ccc2c(c1)CC(C)N2. The summed E-state index contributed by atoms with van der Waals surface area (Å²) in [5.41, 5.74) is 4.57. The van der Waals surface area contributed by atoms with Crippen molar-refractivity contribution in [1.82, 2.24) is 0 Å².